The van der Waals surface area contributed by atoms with E-state index in [-0.39, 0.29) is 0 Å². The van der Waals surface area contributed by atoms with Gasteiger partial charge in [-0.15, -0.1) is 11.3 Å². The van der Waals surface area contributed by atoms with Gasteiger partial charge in [0, 0.05) is 16.5 Å². The Kier molecular flexibility index (Phi) is 3.75. The Labute approximate surface area is 99.3 Å². The zero-order valence-corrected chi connectivity index (χ0v) is 10.2. The molecule has 0 unspecified atom stereocenters. The van der Waals surface area contributed by atoms with Gasteiger partial charge in [0.25, 0.3) is 0 Å². The summed E-state index contributed by atoms with van der Waals surface area (Å²) in [6, 6.07) is 7.82. The minimum Gasteiger partial charge on any atom is -0.237 e. The van der Waals surface area contributed by atoms with Crippen molar-refractivity contribution < 1.29 is 0 Å². The Bertz CT molecular complexity index is 402. The van der Waals surface area contributed by atoms with Gasteiger partial charge in [-0.3, -0.25) is 0 Å². The van der Waals surface area contributed by atoms with Crippen LogP contribution in [0.15, 0.2) is 45.1 Å². The Morgan fingerprint density at radius 1 is 1.21 bits per heavy atom. The molecular formula is C9H6ClNS3. The highest BCUT2D eigenvalue weighted by Gasteiger charge is 2.02. The second-order valence-electron chi connectivity index (χ2n) is 2.40. The van der Waals surface area contributed by atoms with Gasteiger partial charge in [-0.2, -0.15) is 0 Å². The number of halogens is 1. The molecule has 2 aromatic rings. The van der Waals surface area contributed by atoms with Crippen LogP contribution < -0.4 is 0 Å². The van der Waals surface area contributed by atoms with Gasteiger partial charge in [0.05, 0.1) is 5.02 Å². The quantitative estimate of drug-likeness (QED) is 0.748. The summed E-state index contributed by atoms with van der Waals surface area (Å²) >= 11 is 7.65. The molecule has 0 saturated heterocycles. The monoisotopic (exact) mass is 259 g/mol. The van der Waals surface area contributed by atoms with Crippen molar-refractivity contribution in [1.29, 1.82) is 0 Å². The first-order valence-electron chi connectivity index (χ1n) is 3.85. The fourth-order valence-corrected chi connectivity index (χ4v) is 4.17. The first kappa shape index (κ1) is 10.4. The molecule has 0 saturated carbocycles. The average molecular weight is 260 g/mol. The minimum atomic E-state index is 0.793. The number of rotatable bonds is 3. The second kappa shape index (κ2) is 5.07. The number of benzene rings is 1. The summed E-state index contributed by atoms with van der Waals surface area (Å²) < 4.78 is 1.05. The lowest BCUT2D eigenvalue weighted by atomic mass is 10.4. The molecule has 1 nitrogen and oxygen atoms in total. The predicted molar refractivity (Wildman–Crippen MR) is 65.3 cm³/mol. The molecule has 14 heavy (non-hydrogen) atoms. The van der Waals surface area contributed by atoms with Gasteiger partial charge in [-0.05, 0) is 33.7 Å². The highest BCUT2D eigenvalue weighted by molar-refractivity contribution is 8.77. The molecule has 0 radical (unpaired) electrons. The van der Waals surface area contributed by atoms with E-state index < -0.39 is 0 Å². The molecule has 0 N–H and O–H groups in total. The number of nitrogens with zero attached hydrogens (tertiary/aromatic N) is 1. The first-order chi connectivity index (χ1) is 6.86. The Morgan fingerprint density at radius 3 is 2.79 bits per heavy atom. The maximum atomic E-state index is 6.01. The van der Waals surface area contributed by atoms with Gasteiger partial charge in [0.2, 0.25) is 0 Å². The van der Waals surface area contributed by atoms with Crippen molar-refractivity contribution in [2.45, 2.75) is 9.24 Å². The van der Waals surface area contributed by atoms with Crippen molar-refractivity contribution in [2.75, 3.05) is 0 Å². The fraction of sp³-hybridized carbons (Fsp3) is 0. The van der Waals surface area contributed by atoms with Gasteiger partial charge in [-0.25, -0.2) is 4.98 Å². The van der Waals surface area contributed by atoms with Crippen LogP contribution in [0.3, 0.4) is 0 Å². The Hall–Kier alpha value is -0.160. The maximum Gasteiger partial charge on any atom is 0.160 e. The Balaban J connectivity index is 2.02. The second-order valence-corrected chi connectivity index (χ2v) is 6.12. The van der Waals surface area contributed by atoms with Crippen LogP contribution in [0.1, 0.15) is 0 Å². The SMILES string of the molecule is Clc1ccccc1SSc1nccs1. The van der Waals surface area contributed by atoms with E-state index in [4.69, 9.17) is 11.6 Å². The van der Waals surface area contributed by atoms with Crippen molar-refractivity contribution >= 4 is 44.5 Å². The predicted octanol–water partition coefficient (Wildman–Crippen LogP) is 4.60. The lowest BCUT2D eigenvalue weighted by molar-refractivity contribution is 1.26. The zero-order chi connectivity index (χ0) is 9.80. The third kappa shape index (κ3) is 2.67. The summed E-state index contributed by atoms with van der Waals surface area (Å²) in [5.74, 6) is 0. The van der Waals surface area contributed by atoms with E-state index in [1.807, 2.05) is 29.6 Å². The molecule has 0 bridgehead atoms. The number of hydrogen-bond donors (Lipinski definition) is 0. The molecule has 1 heterocycles. The largest absolute Gasteiger partial charge is 0.237 e. The summed E-state index contributed by atoms with van der Waals surface area (Å²) in [5.41, 5.74) is 0. The lowest BCUT2D eigenvalue weighted by Gasteiger charge is -1.99. The van der Waals surface area contributed by atoms with Gasteiger partial charge in [0.1, 0.15) is 0 Å². The molecule has 72 valence electrons. The van der Waals surface area contributed by atoms with Crippen LogP contribution in [0, 0.1) is 0 Å². The third-order valence-corrected chi connectivity index (χ3v) is 5.44. The lowest BCUT2D eigenvalue weighted by Crippen LogP contribution is -1.69. The fourth-order valence-electron chi connectivity index (χ4n) is 0.844. The summed E-state index contributed by atoms with van der Waals surface area (Å²) in [7, 11) is 3.27. The number of thiazole rings is 1. The summed E-state index contributed by atoms with van der Waals surface area (Å²) in [5, 5.41) is 2.76. The summed E-state index contributed by atoms with van der Waals surface area (Å²) in [6.45, 7) is 0. The van der Waals surface area contributed by atoms with E-state index in [1.54, 1.807) is 39.1 Å². The molecule has 0 aliphatic heterocycles. The molecule has 0 amide bonds. The molecule has 0 aliphatic carbocycles. The maximum absolute atomic E-state index is 6.01. The molecule has 1 aromatic heterocycles. The van der Waals surface area contributed by atoms with Crippen molar-refractivity contribution in [3.63, 3.8) is 0 Å². The number of hydrogen-bond acceptors (Lipinski definition) is 4. The normalized spacial score (nSPS) is 10.4. The van der Waals surface area contributed by atoms with E-state index in [0.717, 1.165) is 14.3 Å². The average Bonchev–Trinajstić information content (AvgIpc) is 2.69. The molecule has 0 aliphatic rings. The van der Waals surface area contributed by atoms with Crippen LogP contribution in [0.2, 0.25) is 5.02 Å². The smallest absolute Gasteiger partial charge is 0.160 e. The van der Waals surface area contributed by atoms with Crippen molar-refractivity contribution in [1.82, 2.24) is 4.98 Å². The van der Waals surface area contributed by atoms with Crippen LogP contribution in [-0.4, -0.2) is 4.98 Å². The van der Waals surface area contributed by atoms with Gasteiger partial charge < -0.3 is 0 Å². The van der Waals surface area contributed by atoms with Gasteiger partial charge >= 0.3 is 0 Å². The van der Waals surface area contributed by atoms with Crippen LogP contribution in [0.25, 0.3) is 0 Å². The minimum absolute atomic E-state index is 0.793. The molecular weight excluding hydrogens is 254 g/mol. The zero-order valence-electron chi connectivity index (χ0n) is 7.01. The van der Waals surface area contributed by atoms with Crippen LogP contribution in [0.5, 0.6) is 0 Å². The molecule has 0 spiro atoms. The third-order valence-electron chi connectivity index (χ3n) is 1.45. The van der Waals surface area contributed by atoms with E-state index in [2.05, 4.69) is 4.98 Å². The number of aromatic nitrogens is 1. The topological polar surface area (TPSA) is 12.9 Å². The van der Waals surface area contributed by atoms with Crippen LogP contribution in [0.4, 0.5) is 0 Å². The summed E-state index contributed by atoms with van der Waals surface area (Å²) in [6.07, 6.45) is 1.81. The van der Waals surface area contributed by atoms with Gasteiger partial charge in [-0.1, -0.05) is 23.7 Å². The van der Waals surface area contributed by atoms with Gasteiger partial charge in [0.15, 0.2) is 4.34 Å². The van der Waals surface area contributed by atoms with E-state index in [1.165, 1.54) is 0 Å². The molecule has 5 heteroatoms. The molecule has 1 aromatic carbocycles. The van der Waals surface area contributed by atoms with Crippen LogP contribution >= 0.6 is 44.5 Å². The van der Waals surface area contributed by atoms with Crippen molar-refractivity contribution in [3.8, 4) is 0 Å². The van der Waals surface area contributed by atoms with E-state index in [0.29, 0.717) is 0 Å². The molecule has 0 fully saturated rings. The standard InChI is InChI=1S/C9H6ClNS3/c10-7-3-1-2-4-8(7)13-14-9-11-5-6-12-9/h1-6H. The highest BCUT2D eigenvalue weighted by atomic mass is 35.5. The molecule has 2 rings (SSSR count). The Morgan fingerprint density at radius 2 is 2.07 bits per heavy atom. The van der Waals surface area contributed by atoms with Crippen molar-refractivity contribution in [3.05, 3.63) is 40.9 Å². The van der Waals surface area contributed by atoms with Crippen LogP contribution in [-0.2, 0) is 0 Å². The highest BCUT2D eigenvalue weighted by Crippen LogP contribution is 2.40. The van der Waals surface area contributed by atoms with E-state index in [9.17, 15) is 0 Å². The van der Waals surface area contributed by atoms with Crippen molar-refractivity contribution in [2.24, 2.45) is 0 Å². The molecule has 0 atom stereocenters. The van der Waals surface area contributed by atoms with E-state index >= 15 is 0 Å². The first-order valence-corrected chi connectivity index (χ1v) is 7.25. The summed E-state index contributed by atoms with van der Waals surface area (Å²) in [4.78, 5) is 5.26.